The maximum absolute atomic E-state index is 12.7. The van der Waals surface area contributed by atoms with Crippen LogP contribution in [0.5, 0.6) is 0 Å². The van der Waals surface area contributed by atoms with Crippen LogP contribution in [0.15, 0.2) is 0 Å². The van der Waals surface area contributed by atoms with Crippen molar-refractivity contribution in [3.05, 3.63) is 0 Å². The van der Waals surface area contributed by atoms with Crippen molar-refractivity contribution in [2.24, 2.45) is 23.2 Å². The van der Waals surface area contributed by atoms with E-state index in [1.54, 1.807) is 0 Å². The van der Waals surface area contributed by atoms with Crippen LogP contribution in [0.4, 0.5) is 0 Å². The molecule has 7 atom stereocenters. The van der Waals surface area contributed by atoms with Gasteiger partial charge in [-0.2, -0.15) is 0 Å². The maximum Gasteiger partial charge on any atom is 0.310 e. The molecule has 2 saturated carbocycles. The molecular formula is C21H33NO3. The van der Waals surface area contributed by atoms with Gasteiger partial charge in [0.2, 0.25) is 0 Å². The van der Waals surface area contributed by atoms with Crippen LogP contribution in [-0.4, -0.2) is 48.3 Å². The molecule has 3 aliphatic heterocycles. The number of carbonyl (C=O) groups is 1. The molecule has 5 aliphatic rings. The number of rotatable bonds is 2. The highest BCUT2D eigenvalue weighted by Gasteiger charge is 2.65. The summed E-state index contributed by atoms with van der Waals surface area (Å²) in [7, 11) is 0. The molecule has 3 saturated heterocycles. The smallest absolute Gasteiger partial charge is 0.310 e. The Labute approximate surface area is 151 Å². The molecule has 25 heavy (non-hydrogen) atoms. The summed E-state index contributed by atoms with van der Waals surface area (Å²) in [6.45, 7) is 7.77. The summed E-state index contributed by atoms with van der Waals surface area (Å²) in [5.41, 5.74) is 0.468. The van der Waals surface area contributed by atoms with Crippen molar-refractivity contribution in [2.75, 3.05) is 19.7 Å². The molecule has 0 unspecified atom stereocenters. The van der Waals surface area contributed by atoms with E-state index in [9.17, 15) is 4.79 Å². The Hall–Kier alpha value is -0.610. The van der Waals surface area contributed by atoms with Gasteiger partial charge in [-0.3, -0.25) is 9.69 Å². The highest BCUT2D eigenvalue weighted by atomic mass is 16.6. The molecular weight excluding hydrogens is 314 g/mol. The molecule has 0 bridgehead atoms. The molecule has 5 rings (SSSR count). The quantitative estimate of drug-likeness (QED) is 0.567. The van der Waals surface area contributed by atoms with Crippen LogP contribution in [0.2, 0.25) is 0 Å². The molecule has 5 fully saturated rings. The van der Waals surface area contributed by atoms with Crippen molar-refractivity contribution in [1.82, 2.24) is 4.90 Å². The first kappa shape index (κ1) is 16.6. The van der Waals surface area contributed by atoms with Crippen LogP contribution in [-0.2, 0) is 14.3 Å². The number of fused-ring (bicyclic) bond motifs is 3. The molecule has 4 heteroatoms. The monoisotopic (exact) mass is 347 g/mol. The van der Waals surface area contributed by atoms with E-state index in [0.29, 0.717) is 23.3 Å². The van der Waals surface area contributed by atoms with Crippen LogP contribution < -0.4 is 0 Å². The average molecular weight is 347 g/mol. The topological polar surface area (TPSA) is 42.1 Å². The number of hydrogen-bond acceptors (Lipinski definition) is 4. The van der Waals surface area contributed by atoms with Crippen molar-refractivity contribution >= 4 is 5.97 Å². The minimum atomic E-state index is 0.0841. The molecule has 0 radical (unpaired) electrons. The molecule has 2 aliphatic carbocycles. The second-order valence-electron chi connectivity index (χ2n) is 9.94. The normalized spacial score (nSPS) is 52.6. The molecule has 3 heterocycles. The molecule has 0 aromatic carbocycles. The van der Waals surface area contributed by atoms with Crippen LogP contribution in [0.3, 0.4) is 0 Å². The van der Waals surface area contributed by atoms with E-state index >= 15 is 0 Å². The van der Waals surface area contributed by atoms with Crippen LogP contribution in [0.1, 0.15) is 65.2 Å². The molecule has 1 spiro atoms. The first-order chi connectivity index (χ1) is 12.0. The van der Waals surface area contributed by atoms with Gasteiger partial charge in [0.05, 0.1) is 18.1 Å². The number of nitrogens with zero attached hydrogens (tertiary/aromatic N) is 1. The first-order valence-corrected chi connectivity index (χ1v) is 10.6. The largest absolute Gasteiger partial charge is 0.462 e. The lowest BCUT2D eigenvalue weighted by Gasteiger charge is -2.51. The summed E-state index contributed by atoms with van der Waals surface area (Å²) in [6, 6.07) is 0.613. The van der Waals surface area contributed by atoms with Gasteiger partial charge in [0.1, 0.15) is 6.10 Å². The molecule has 0 aromatic rings. The van der Waals surface area contributed by atoms with Gasteiger partial charge in [-0.1, -0.05) is 13.3 Å². The fourth-order valence-electron chi connectivity index (χ4n) is 6.85. The molecule has 0 aromatic heterocycles. The SMILES string of the molecule is C[C@@H]1CCCCN1C[C@@H]1C(=O)O[C@@H]2C[C@@]3(C)CCC[C@]4(CO4)[C@H]3C[C@H]12. The van der Waals surface area contributed by atoms with E-state index in [4.69, 9.17) is 9.47 Å². The number of carbonyl (C=O) groups excluding carboxylic acids is 1. The highest BCUT2D eigenvalue weighted by Crippen LogP contribution is 2.62. The van der Waals surface area contributed by atoms with E-state index in [-0.39, 0.29) is 23.6 Å². The van der Waals surface area contributed by atoms with E-state index in [1.165, 1.54) is 38.5 Å². The predicted molar refractivity (Wildman–Crippen MR) is 95.1 cm³/mol. The Balaban J connectivity index is 1.36. The van der Waals surface area contributed by atoms with E-state index in [2.05, 4.69) is 18.7 Å². The van der Waals surface area contributed by atoms with Crippen LogP contribution >= 0.6 is 0 Å². The number of esters is 1. The average Bonchev–Trinajstić information content (AvgIpc) is 3.27. The number of likely N-dealkylation sites (tertiary alicyclic amines) is 1. The summed E-state index contributed by atoms with van der Waals surface area (Å²) in [5.74, 6) is 1.22. The van der Waals surface area contributed by atoms with Gasteiger partial charge in [0, 0.05) is 18.5 Å². The minimum absolute atomic E-state index is 0.0841. The Morgan fingerprint density at radius 2 is 2.08 bits per heavy atom. The molecule has 0 amide bonds. The Morgan fingerprint density at radius 1 is 1.24 bits per heavy atom. The number of hydrogen-bond donors (Lipinski definition) is 0. The zero-order valence-corrected chi connectivity index (χ0v) is 15.8. The predicted octanol–water partition coefficient (Wildman–Crippen LogP) is 3.39. The lowest BCUT2D eigenvalue weighted by molar-refractivity contribution is -0.147. The summed E-state index contributed by atoms with van der Waals surface area (Å²) >= 11 is 0. The van der Waals surface area contributed by atoms with E-state index in [0.717, 1.165) is 32.5 Å². The molecule has 0 N–H and O–H groups in total. The number of piperidine rings is 1. The zero-order valence-electron chi connectivity index (χ0n) is 15.8. The van der Waals surface area contributed by atoms with E-state index < -0.39 is 0 Å². The summed E-state index contributed by atoms with van der Waals surface area (Å²) in [6.07, 6.45) is 10.0. The fourth-order valence-corrected chi connectivity index (χ4v) is 6.85. The Kier molecular flexibility index (Phi) is 3.77. The molecule has 4 nitrogen and oxygen atoms in total. The third-order valence-electron chi connectivity index (χ3n) is 8.45. The van der Waals surface area contributed by atoms with Crippen molar-refractivity contribution in [3.8, 4) is 0 Å². The van der Waals surface area contributed by atoms with Gasteiger partial charge < -0.3 is 9.47 Å². The van der Waals surface area contributed by atoms with Crippen molar-refractivity contribution in [2.45, 2.75) is 83.0 Å². The van der Waals surface area contributed by atoms with Gasteiger partial charge in [-0.25, -0.2) is 0 Å². The molecule has 140 valence electrons. The summed E-state index contributed by atoms with van der Waals surface area (Å²) in [5, 5.41) is 0. The minimum Gasteiger partial charge on any atom is -0.462 e. The van der Waals surface area contributed by atoms with E-state index in [1.807, 2.05) is 0 Å². The zero-order chi connectivity index (χ0) is 17.2. The fraction of sp³-hybridized carbons (Fsp3) is 0.952. The second-order valence-corrected chi connectivity index (χ2v) is 9.94. The lowest BCUT2D eigenvalue weighted by Crippen LogP contribution is -2.51. The van der Waals surface area contributed by atoms with Gasteiger partial charge in [0.15, 0.2) is 0 Å². The first-order valence-electron chi connectivity index (χ1n) is 10.6. The number of epoxide rings is 1. The Bertz CT molecular complexity index is 559. The highest BCUT2D eigenvalue weighted by molar-refractivity contribution is 5.75. The standard InChI is InChI=1S/C21H33NO3/c1-14-6-3-4-9-22(14)12-16-15-10-18-20(2,11-17(15)25-19(16)23)7-5-8-21(18)13-24-21/h14-18H,3-13H2,1-2H3/t14-,15-,16+,17-,18+,20-,21+/m1/s1. The summed E-state index contributed by atoms with van der Waals surface area (Å²) in [4.78, 5) is 15.3. The van der Waals surface area contributed by atoms with Crippen molar-refractivity contribution in [1.29, 1.82) is 0 Å². The van der Waals surface area contributed by atoms with Crippen LogP contribution in [0.25, 0.3) is 0 Å². The maximum atomic E-state index is 12.7. The number of ether oxygens (including phenoxy) is 2. The second kappa shape index (κ2) is 5.69. The van der Waals surface area contributed by atoms with Crippen LogP contribution in [0, 0.1) is 23.2 Å². The Morgan fingerprint density at radius 3 is 2.84 bits per heavy atom. The summed E-state index contributed by atoms with van der Waals surface area (Å²) < 4.78 is 12.0. The van der Waals surface area contributed by atoms with Gasteiger partial charge in [0.25, 0.3) is 0 Å². The third kappa shape index (κ3) is 2.58. The third-order valence-corrected chi connectivity index (χ3v) is 8.45. The lowest BCUT2D eigenvalue weighted by atomic mass is 9.53. The van der Waals surface area contributed by atoms with Gasteiger partial charge >= 0.3 is 5.97 Å². The van der Waals surface area contributed by atoms with Gasteiger partial charge in [-0.15, -0.1) is 0 Å². The van der Waals surface area contributed by atoms with Gasteiger partial charge in [-0.05, 0) is 69.7 Å². The van der Waals surface area contributed by atoms with Crippen molar-refractivity contribution < 1.29 is 14.3 Å². The van der Waals surface area contributed by atoms with Crippen molar-refractivity contribution in [3.63, 3.8) is 0 Å².